The van der Waals surface area contributed by atoms with Gasteiger partial charge in [-0.15, -0.1) is 12.4 Å². The molecule has 0 aliphatic carbocycles. The van der Waals surface area contributed by atoms with Crippen molar-refractivity contribution >= 4 is 24.0 Å². The third-order valence-electron chi connectivity index (χ3n) is 2.55. The number of ether oxygens (including phenoxy) is 2. The van der Waals surface area contributed by atoms with Crippen LogP contribution in [0.5, 0.6) is 5.75 Å². The van der Waals surface area contributed by atoms with Gasteiger partial charge in [0.15, 0.2) is 0 Å². The zero-order valence-electron chi connectivity index (χ0n) is 10.5. The van der Waals surface area contributed by atoms with Crippen LogP contribution < -0.4 is 15.4 Å². The molecule has 20 heavy (non-hydrogen) atoms. The van der Waals surface area contributed by atoms with E-state index in [9.17, 15) is 13.6 Å². The van der Waals surface area contributed by atoms with Crippen molar-refractivity contribution in [2.75, 3.05) is 25.0 Å². The fourth-order valence-corrected chi connectivity index (χ4v) is 1.71. The largest absolute Gasteiger partial charge is 0.435 e. The van der Waals surface area contributed by atoms with Gasteiger partial charge in [-0.3, -0.25) is 4.79 Å². The molecule has 2 N–H and O–H groups in total. The predicted octanol–water partition coefficient (Wildman–Crippen LogP) is 1.64. The summed E-state index contributed by atoms with van der Waals surface area (Å²) < 4.78 is 33.7. The lowest BCUT2D eigenvalue weighted by Gasteiger charge is -2.22. The van der Waals surface area contributed by atoms with Crippen LogP contribution in [0.4, 0.5) is 14.5 Å². The molecule has 8 heteroatoms. The molecule has 1 amide bonds. The fraction of sp³-hybridized carbons (Fsp3) is 0.417. The van der Waals surface area contributed by atoms with Crippen LogP contribution >= 0.6 is 12.4 Å². The van der Waals surface area contributed by atoms with Crippen LogP contribution in [0.3, 0.4) is 0 Å². The molecule has 1 aromatic rings. The summed E-state index contributed by atoms with van der Waals surface area (Å²) in [4.78, 5) is 11.8. The zero-order valence-corrected chi connectivity index (χ0v) is 11.3. The monoisotopic (exact) mass is 308 g/mol. The maximum atomic E-state index is 12.1. The standard InChI is InChI=1S/C12H14F2N2O3.ClH/c13-12(14)19-9-3-1-2-8(6-9)16-11(17)10-7-15-4-5-18-10;/h1-3,6,10,12,15H,4-5,7H2,(H,16,17);1H. The SMILES string of the molecule is Cl.O=C(Nc1cccc(OC(F)F)c1)C1CNCCO1. The van der Waals surface area contributed by atoms with Gasteiger partial charge in [0.05, 0.1) is 6.61 Å². The summed E-state index contributed by atoms with van der Waals surface area (Å²) in [5.74, 6) is -0.322. The molecule has 2 rings (SSSR count). The summed E-state index contributed by atoms with van der Waals surface area (Å²) in [7, 11) is 0. The van der Waals surface area contributed by atoms with E-state index in [1.54, 1.807) is 6.07 Å². The van der Waals surface area contributed by atoms with Crippen molar-refractivity contribution in [2.24, 2.45) is 0 Å². The van der Waals surface area contributed by atoms with Crippen LogP contribution in [-0.4, -0.2) is 38.3 Å². The van der Waals surface area contributed by atoms with Gasteiger partial charge in [0.1, 0.15) is 11.9 Å². The summed E-state index contributed by atoms with van der Waals surface area (Å²) in [6.07, 6.45) is -0.576. The smallest absolute Gasteiger partial charge is 0.387 e. The van der Waals surface area contributed by atoms with E-state index in [-0.39, 0.29) is 24.1 Å². The summed E-state index contributed by atoms with van der Waals surface area (Å²) in [5.41, 5.74) is 0.386. The van der Waals surface area contributed by atoms with E-state index in [2.05, 4.69) is 15.4 Å². The van der Waals surface area contributed by atoms with Gasteiger partial charge in [0, 0.05) is 24.8 Å². The second-order valence-electron chi connectivity index (χ2n) is 3.96. The van der Waals surface area contributed by atoms with E-state index >= 15 is 0 Å². The lowest BCUT2D eigenvalue weighted by molar-refractivity contribution is -0.128. The normalized spacial score (nSPS) is 18.2. The van der Waals surface area contributed by atoms with Gasteiger partial charge in [-0.1, -0.05) is 6.07 Å². The van der Waals surface area contributed by atoms with E-state index in [1.165, 1.54) is 18.2 Å². The van der Waals surface area contributed by atoms with Crippen molar-refractivity contribution in [3.05, 3.63) is 24.3 Å². The average molecular weight is 309 g/mol. The van der Waals surface area contributed by atoms with Crippen molar-refractivity contribution in [1.29, 1.82) is 0 Å². The quantitative estimate of drug-likeness (QED) is 0.888. The van der Waals surface area contributed by atoms with Crippen LogP contribution in [0.2, 0.25) is 0 Å². The third-order valence-corrected chi connectivity index (χ3v) is 2.55. The Morgan fingerprint density at radius 1 is 1.50 bits per heavy atom. The van der Waals surface area contributed by atoms with E-state index in [4.69, 9.17) is 4.74 Å². The van der Waals surface area contributed by atoms with Gasteiger partial charge < -0.3 is 20.1 Å². The highest BCUT2D eigenvalue weighted by Crippen LogP contribution is 2.19. The Labute approximate surface area is 121 Å². The van der Waals surface area contributed by atoms with E-state index < -0.39 is 12.7 Å². The minimum Gasteiger partial charge on any atom is -0.435 e. The molecule has 112 valence electrons. The number of hydrogen-bond donors (Lipinski definition) is 2. The van der Waals surface area contributed by atoms with Gasteiger partial charge in [0.25, 0.3) is 5.91 Å². The number of nitrogens with one attached hydrogen (secondary N) is 2. The van der Waals surface area contributed by atoms with Crippen molar-refractivity contribution in [2.45, 2.75) is 12.7 Å². The molecule has 0 aromatic heterocycles. The van der Waals surface area contributed by atoms with E-state index in [1.807, 2.05) is 0 Å². The first kappa shape index (κ1) is 16.6. The summed E-state index contributed by atoms with van der Waals surface area (Å²) in [5, 5.41) is 5.63. The van der Waals surface area contributed by atoms with Crippen LogP contribution in [-0.2, 0) is 9.53 Å². The first-order chi connectivity index (χ1) is 9.15. The van der Waals surface area contributed by atoms with Crippen LogP contribution in [0, 0.1) is 0 Å². The molecule has 1 fully saturated rings. The molecule has 0 bridgehead atoms. The number of rotatable bonds is 4. The number of alkyl halides is 2. The fourth-order valence-electron chi connectivity index (χ4n) is 1.71. The number of benzene rings is 1. The molecular formula is C12H15ClF2N2O3. The first-order valence-corrected chi connectivity index (χ1v) is 5.83. The topological polar surface area (TPSA) is 59.6 Å². The highest BCUT2D eigenvalue weighted by atomic mass is 35.5. The van der Waals surface area contributed by atoms with Gasteiger partial charge in [-0.05, 0) is 12.1 Å². The Morgan fingerprint density at radius 2 is 2.30 bits per heavy atom. The molecule has 5 nitrogen and oxygen atoms in total. The van der Waals surface area contributed by atoms with Crippen molar-refractivity contribution in [3.63, 3.8) is 0 Å². The van der Waals surface area contributed by atoms with Crippen molar-refractivity contribution in [1.82, 2.24) is 5.32 Å². The molecule has 0 radical (unpaired) electrons. The Bertz CT molecular complexity index is 442. The molecule has 1 aliphatic rings. The average Bonchev–Trinajstić information content (AvgIpc) is 2.39. The predicted molar refractivity (Wildman–Crippen MR) is 71.6 cm³/mol. The number of morpholine rings is 1. The summed E-state index contributed by atoms with van der Waals surface area (Å²) >= 11 is 0. The molecule has 1 saturated heterocycles. The summed E-state index contributed by atoms with van der Waals surface area (Å²) in [6, 6.07) is 5.83. The Kier molecular flexibility index (Phi) is 6.63. The molecule has 0 saturated carbocycles. The number of halogens is 3. The van der Waals surface area contributed by atoms with Gasteiger partial charge in [-0.25, -0.2) is 0 Å². The number of carbonyl (C=O) groups is 1. The number of anilines is 1. The minimum absolute atomic E-state index is 0. The van der Waals surface area contributed by atoms with Crippen LogP contribution in [0.25, 0.3) is 0 Å². The molecule has 1 unspecified atom stereocenters. The highest BCUT2D eigenvalue weighted by Gasteiger charge is 2.21. The molecule has 1 atom stereocenters. The van der Waals surface area contributed by atoms with E-state index in [0.29, 0.717) is 25.4 Å². The molecule has 1 aliphatic heterocycles. The zero-order chi connectivity index (χ0) is 13.7. The van der Waals surface area contributed by atoms with Crippen LogP contribution in [0.15, 0.2) is 24.3 Å². The van der Waals surface area contributed by atoms with Gasteiger partial charge >= 0.3 is 6.61 Å². The number of carbonyl (C=O) groups excluding carboxylic acids is 1. The lowest BCUT2D eigenvalue weighted by Crippen LogP contribution is -2.45. The summed E-state index contributed by atoms with van der Waals surface area (Å²) in [6.45, 7) is -1.29. The maximum absolute atomic E-state index is 12.1. The number of hydrogen-bond acceptors (Lipinski definition) is 4. The minimum atomic E-state index is -2.89. The van der Waals surface area contributed by atoms with Gasteiger partial charge in [0.2, 0.25) is 0 Å². The Balaban J connectivity index is 0.00000200. The lowest BCUT2D eigenvalue weighted by atomic mass is 10.2. The molecule has 0 spiro atoms. The molecular weight excluding hydrogens is 294 g/mol. The molecule has 1 aromatic carbocycles. The first-order valence-electron chi connectivity index (χ1n) is 5.83. The molecule has 1 heterocycles. The van der Waals surface area contributed by atoms with Crippen LogP contribution in [0.1, 0.15) is 0 Å². The second-order valence-corrected chi connectivity index (χ2v) is 3.96. The van der Waals surface area contributed by atoms with Gasteiger partial charge in [-0.2, -0.15) is 8.78 Å². The Morgan fingerprint density at radius 3 is 2.95 bits per heavy atom. The number of amides is 1. The highest BCUT2D eigenvalue weighted by molar-refractivity contribution is 5.94. The van der Waals surface area contributed by atoms with Crippen molar-refractivity contribution in [3.8, 4) is 5.75 Å². The Hall–Kier alpha value is -1.44. The maximum Gasteiger partial charge on any atom is 0.387 e. The second kappa shape index (κ2) is 7.98. The van der Waals surface area contributed by atoms with Crippen molar-refractivity contribution < 1.29 is 23.0 Å². The third kappa shape index (κ3) is 4.92. The van der Waals surface area contributed by atoms with E-state index in [0.717, 1.165) is 0 Å².